The number of benzene rings is 3. The van der Waals surface area contributed by atoms with Crippen molar-refractivity contribution in [3.8, 4) is 6.07 Å². The lowest BCUT2D eigenvalue weighted by Gasteiger charge is -2.11. The van der Waals surface area contributed by atoms with Crippen LogP contribution in [-0.2, 0) is 11.3 Å². The highest BCUT2D eigenvalue weighted by Gasteiger charge is 2.15. The van der Waals surface area contributed by atoms with Crippen LogP contribution in [0.2, 0.25) is 0 Å². The summed E-state index contributed by atoms with van der Waals surface area (Å²) in [4.78, 5) is 14.3. The fourth-order valence-electron chi connectivity index (χ4n) is 2.67. The fraction of sp³-hybridized carbons (Fsp3) is 0.130. The van der Waals surface area contributed by atoms with Crippen molar-refractivity contribution in [3.05, 3.63) is 94.5 Å². The minimum absolute atomic E-state index is 0.236. The molecule has 0 amide bonds. The zero-order valence-electron chi connectivity index (χ0n) is 15.2. The van der Waals surface area contributed by atoms with Crippen molar-refractivity contribution in [2.75, 3.05) is 0 Å². The molecule has 0 unspecified atom stereocenters. The number of carbonyl (C=O) groups is 1. The molecule has 0 bridgehead atoms. The SMILES string of the molecule is Cc1ccc(C)c(COC(=O)c2ccccc2Sc2ccccc2C#N)c1. The molecule has 27 heavy (non-hydrogen) atoms. The number of hydrogen-bond acceptors (Lipinski definition) is 4. The molecule has 0 N–H and O–H groups in total. The van der Waals surface area contributed by atoms with Crippen LogP contribution in [0.5, 0.6) is 0 Å². The van der Waals surface area contributed by atoms with Crippen molar-refractivity contribution in [1.82, 2.24) is 0 Å². The molecule has 3 aromatic carbocycles. The van der Waals surface area contributed by atoms with E-state index in [1.807, 2.05) is 68.4 Å². The number of rotatable bonds is 5. The molecule has 0 fully saturated rings. The van der Waals surface area contributed by atoms with Gasteiger partial charge in [0.25, 0.3) is 0 Å². The molecule has 134 valence electrons. The lowest BCUT2D eigenvalue weighted by Crippen LogP contribution is -2.07. The second kappa shape index (κ2) is 8.57. The van der Waals surface area contributed by atoms with Gasteiger partial charge in [-0.15, -0.1) is 0 Å². The van der Waals surface area contributed by atoms with Gasteiger partial charge in [0.1, 0.15) is 12.7 Å². The Bertz CT molecular complexity index is 1020. The molecule has 0 spiro atoms. The van der Waals surface area contributed by atoms with Crippen LogP contribution < -0.4 is 0 Å². The van der Waals surface area contributed by atoms with E-state index in [9.17, 15) is 10.1 Å². The van der Waals surface area contributed by atoms with E-state index in [0.717, 1.165) is 26.5 Å². The van der Waals surface area contributed by atoms with Crippen LogP contribution in [0.15, 0.2) is 76.5 Å². The van der Waals surface area contributed by atoms with Crippen molar-refractivity contribution >= 4 is 17.7 Å². The summed E-state index contributed by atoms with van der Waals surface area (Å²) in [5, 5.41) is 9.28. The lowest BCUT2D eigenvalue weighted by molar-refractivity contribution is 0.0468. The maximum atomic E-state index is 12.7. The number of ether oxygens (including phenoxy) is 1. The molecule has 0 atom stereocenters. The van der Waals surface area contributed by atoms with E-state index in [1.54, 1.807) is 12.1 Å². The third-order valence-corrected chi connectivity index (χ3v) is 5.35. The summed E-state index contributed by atoms with van der Waals surface area (Å²) in [6.45, 7) is 4.26. The summed E-state index contributed by atoms with van der Waals surface area (Å²) >= 11 is 1.40. The first-order valence-electron chi connectivity index (χ1n) is 8.58. The van der Waals surface area contributed by atoms with Crippen LogP contribution >= 0.6 is 11.8 Å². The minimum atomic E-state index is -0.367. The summed E-state index contributed by atoms with van der Waals surface area (Å²) < 4.78 is 5.57. The average molecular weight is 373 g/mol. The van der Waals surface area contributed by atoms with E-state index >= 15 is 0 Å². The normalized spacial score (nSPS) is 10.3. The number of hydrogen-bond donors (Lipinski definition) is 0. The predicted molar refractivity (Wildman–Crippen MR) is 107 cm³/mol. The van der Waals surface area contributed by atoms with E-state index in [0.29, 0.717) is 11.1 Å². The van der Waals surface area contributed by atoms with Gasteiger partial charge < -0.3 is 4.74 Å². The Hall–Kier alpha value is -3.03. The smallest absolute Gasteiger partial charge is 0.339 e. The zero-order chi connectivity index (χ0) is 19.2. The van der Waals surface area contributed by atoms with E-state index in [1.165, 1.54) is 11.8 Å². The molecule has 3 rings (SSSR count). The highest BCUT2D eigenvalue weighted by Crippen LogP contribution is 2.33. The highest BCUT2D eigenvalue weighted by molar-refractivity contribution is 7.99. The molecule has 0 aromatic heterocycles. The lowest BCUT2D eigenvalue weighted by atomic mass is 10.1. The molecule has 0 saturated heterocycles. The summed E-state index contributed by atoms with van der Waals surface area (Å²) in [5.41, 5.74) is 4.32. The van der Waals surface area contributed by atoms with Crippen molar-refractivity contribution in [2.24, 2.45) is 0 Å². The van der Waals surface area contributed by atoms with Crippen LogP contribution in [0.4, 0.5) is 0 Å². The Morgan fingerprint density at radius 1 is 1.00 bits per heavy atom. The van der Waals surface area contributed by atoms with Crippen LogP contribution in [0.1, 0.15) is 32.6 Å². The van der Waals surface area contributed by atoms with Crippen molar-refractivity contribution in [2.45, 2.75) is 30.2 Å². The summed E-state index contributed by atoms with van der Waals surface area (Å²) in [6.07, 6.45) is 0. The molecular weight excluding hydrogens is 354 g/mol. The first-order chi connectivity index (χ1) is 13.1. The molecule has 0 aliphatic rings. The first-order valence-corrected chi connectivity index (χ1v) is 9.39. The Morgan fingerprint density at radius 2 is 1.70 bits per heavy atom. The first kappa shape index (κ1) is 18.8. The van der Waals surface area contributed by atoms with Gasteiger partial charge in [-0.3, -0.25) is 0 Å². The van der Waals surface area contributed by atoms with Gasteiger partial charge in [-0.25, -0.2) is 4.79 Å². The maximum absolute atomic E-state index is 12.7. The standard InChI is InChI=1S/C23H19NO2S/c1-16-11-12-17(2)19(13-16)15-26-23(25)20-8-4-6-10-22(20)27-21-9-5-3-7-18(21)14-24/h3-13H,15H2,1-2H3. The van der Waals surface area contributed by atoms with Crippen LogP contribution in [-0.4, -0.2) is 5.97 Å². The number of carbonyl (C=O) groups excluding carboxylic acids is 1. The number of nitriles is 1. The van der Waals surface area contributed by atoms with Crippen molar-refractivity contribution in [1.29, 1.82) is 5.26 Å². The Balaban J connectivity index is 1.80. The van der Waals surface area contributed by atoms with Gasteiger partial charge in [0.2, 0.25) is 0 Å². The molecular formula is C23H19NO2S. The molecule has 0 radical (unpaired) electrons. The molecule has 4 heteroatoms. The Kier molecular flexibility index (Phi) is 5.95. The summed E-state index contributed by atoms with van der Waals surface area (Å²) in [6, 6.07) is 22.9. The van der Waals surface area contributed by atoms with Gasteiger partial charge in [0.05, 0.1) is 11.1 Å². The molecule has 3 nitrogen and oxygen atoms in total. The zero-order valence-corrected chi connectivity index (χ0v) is 16.0. The largest absolute Gasteiger partial charge is 0.457 e. The molecule has 0 aliphatic heterocycles. The van der Waals surface area contributed by atoms with Gasteiger partial charge in [-0.05, 0) is 49.2 Å². The van der Waals surface area contributed by atoms with Crippen molar-refractivity contribution < 1.29 is 9.53 Å². The number of nitrogens with zero attached hydrogens (tertiary/aromatic N) is 1. The molecule has 0 aliphatic carbocycles. The van der Waals surface area contributed by atoms with Gasteiger partial charge in [-0.1, -0.05) is 59.8 Å². The van der Waals surface area contributed by atoms with Crippen molar-refractivity contribution in [3.63, 3.8) is 0 Å². The van der Waals surface area contributed by atoms with Gasteiger partial charge in [0, 0.05) is 9.79 Å². The Labute approximate surface area is 163 Å². The molecule has 3 aromatic rings. The van der Waals surface area contributed by atoms with E-state index < -0.39 is 0 Å². The average Bonchev–Trinajstić information content (AvgIpc) is 2.69. The quantitative estimate of drug-likeness (QED) is 0.540. The van der Waals surface area contributed by atoms with Gasteiger partial charge >= 0.3 is 5.97 Å². The second-order valence-corrected chi connectivity index (χ2v) is 7.30. The topological polar surface area (TPSA) is 50.1 Å². The van der Waals surface area contributed by atoms with Gasteiger partial charge in [-0.2, -0.15) is 5.26 Å². The second-order valence-electron chi connectivity index (χ2n) is 6.21. The Morgan fingerprint density at radius 3 is 2.48 bits per heavy atom. The van der Waals surface area contributed by atoms with E-state index in [4.69, 9.17) is 4.74 Å². The van der Waals surface area contributed by atoms with Crippen LogP contribution in [0.3, 0.4) is 0 Å². The molecule has 0 heterocycles. The van der Waals surface area contributed by atoms with Gasteiger partial charge in [0.15, 0.2) is 0 Å². The maximum Gasteiger partial charge on any atom is 0.339 e. The summed E-state index contributed by atoms with van der Waals surface area (Å²) in [7, 11) is 0. The van der Waals surface area contributed by atoms with Crippen LogP contribution in [0.25, 0.3) is 0 Å². The predicted octanol–water partition coefficient (Wildman–Crippen LogP) is 5.68. The van der Waals surface area contributed by atoms with Crippen LogP contribution in [0, 0.1) is 25.2 Å². The third kappa shape index (κ3) is 4.58. The fourth-order valence-corrected chi connectivity index (χ4v) is 3.68. The number of esters is 1. The highest BCUT2D eigenvalue weighted by atomic mass is 32.2. The third-order valence-electron chi connectivity index (χ3n) is 4.20. The number of aryl methyl sites for hydroxylation is 2. The minimum Gasteiger partial charge on any atom is -0.457 e. The van der Waals surface area contributed by atoms with E-state index in [2.05, 4.69) is 6.07 Å². The summed E-state index contributed by atoms with van der Waals surface area (Å²) in [5.74, 6) is -0.367. The molecule has 0 saturated carbocycles. The monoisotopic (exact) mass is 373 g/mol. The van der Waals surface area contributed by atoms with E-state index in [-0.39, 0.29) is 12.6 Å².